The summed E-state index contributed by atoms with van der Waals surface area (Å²) in [6, 6.07) is 7.71. The standard InChI is InChI=1S/C14H15BrN2O2/c15-12-4-2-1-3-10(12)5-7-14(19)17-11-6-8-13(18)16-9-11/h1-5,7,11H,6,8-9H2,(H,16,18)(H,17,19). The van der Waals surface area contributed by atoms with Crippen molar-refractivity contribution in [3.63, 3.8) is 0 Å². The lowest BCUT2D eigenvalue weighted by molar-refractivity contribution is -0.124. The van der Waals surface area contributed by atoms with Crippen LogP contribution in [-0.2, 0) is 9.59 Å². The maximum atomic E-state index is 11.8. The molecule has 0 aliphatic carbocycles. The number of nitrogens with one attached hydrogen (secondary N) is 2. The third-order valence-corrected chi connectivity index (χ3v) is 3.65. The molecule has 1 fully saturated rings. The first kappa shape index (κ1) is 13.8. The summed E-state index contributed by atoms with van der Waals surface area (Å²) in [7, 11) is 0. The fraction of sp³-hybridized carbons (Fsp3) is 0.286. The van der Waals surface area contributed by atoms with Gasteiger partial charge in [-0.3, -0.25) is 9.59 Å². The summed E-state index contributed by atoms with van der Waals surface area (Å²) >= 11 is 3.42. The van der Waals surface area contributed by atoms with Crippen LogP contribution >= 0.6 is 15.9 Å². The van der Waals surface area contributed by atoms with Crippen LogP contribution in [0.1, 0.15) is 18.4 Å². The van der Waals surface area contributed by atoms with E-state index < -0.39 is 0 Å². The largest absolute Gasteiger partial charge is 0.354 e. The fourth-order valence-electron chi connectivity index (χ4n) is 1.88. The minimum atomic E-state index is -0.142. The van der Waals surface area contributed by atoms with Crippen LogP contribution in [0, 0.1) is 0 Å². The van der Waals surface area contributed by atoms with Crippen molar-refractivity contribution in [2.75, 3.05) is 6.54 Å². The Morgan fingerprint density at radius 1 is 1.42 bits per heavy atom. The molecule has 1 aliphatic heterocycles. The molecule has 1 atom stereocenters. The Balaban J connectivity index is 1.87. The van der Waals surface area contributed by atoms with Crippen molar-refractivity contribution in [2.45, 2.75) is 18.9 Å². The molecule has 5 heteroatoms. The molecule has 19 heavy (non-hydrogen) atoms. The molecular weight excluding hydrogens is 308 g/mol. The van der Waals surface area contributed by atoms with Gasteiger partial charge in [-0.15, -0.1) is 0 Å². The molecule has 0 radical (unpaired) electrons. The second kappa shape index (κ2) is 6.52. The summed E-state index contributed by atoms with van der Waals surface area (Å²) < 4.78 is 0.948. The molecular formula is C14H15BrN2O2. The van der Waals surface area contributed by atoms with Gasteiger partial charge in [-0.25, -0.2) is 0 Å². The zero-order chi connectivity index (χ0) is 13.7. The molecule has 0 bridgehead atoms. The van der Waals surface area contributed by atoms with E-state index in [0.717, 1.165) is 10.0 Å². The Morgan fingerprint density at radius 3 is 2.89 bits per heavy atom. The molecule has 0 spiro atoms. The Hall–Kier alpha value is -1.62. The van der Waals surface area contributed by atoms with Crippen molar-refractivity contribution >= 4 is 33.8 Å². The first-order valence-corrected chi connectivity index (χ1v) is 6.94. The highest BCUT2D eigenvalue weighted by Crippen LogP contribution is 2.17. The molecule has 4 nitrogen and oxygen atoms in total. The minimum absolute atomic E-state index is 0.0223. The number of amides is 2. The molecule has 1 saturated heterocycles. The maximum Gasteiger partial charge on any atom is 0.244 e. The Kier molecular flexibility index (Phi) is 4.74. The van der Waals surface area contributed by atoms with Crippen LogP contribution in [0.5, 0.6) is 0 Å². The van der Waals surface area contributed by atoms with Gasteiger partial charge in [0.05, 0.1) is 0 Å². The minimum Gasteiger partial charge on any atom is -0.354 e. The Labute approximate surface area is 120 Å². The molecule has 0 saturated carbocycles. The number of carbonyl (C=O) groups is 2. The molecule has 0 aromatic heterocycles. The van der Waals surface area contributed by atoms with E-state index in [1.54, 1.807) is 6.08 Å². The zero-order valence-corrected chi connectivity index (χ0v) is 11.9. The normalized spacial score (nSPS) is 19.2. The number of hydrogen-bond acceptors (Lipinski definition) is 2. The molecule has 100 valence electrons. The smallest absolute Gasteiger partial charge is 0.244 e. The molecule has 1 aliphatic rings. The SMILES string of the molecule is O=C(C=Cc1ccccc1Br)NC1CCC(=O)NC1. The highest BCUT2D eigenvalue weighted by atomic mass is 79.9. The van der Waals surface area contributed by atoms with Crippen LogP contribution in [0.15, 0.2) is 34.8 Å². The van der Waals surface area contributed by atoms with Crippen LogP contribution in [0.3, 0.4) is 0 Å². The monoisotopic (exact) mass is 322 g/mol. The highest BCUT2D eigenvalue weighted by molar-refractivity contribution is 9.10. The summed E-state index contributed by atoms with van der Waals surface area (Å²) in [5.74, 6) is -0.0915. The van der Waals surface area contributed by atoms with Gasteiger partial charge in [0.25, 0.3) is 0 Å². The lowest BCUT2D eigenvalue weighted by atomic mass is 10.1. The van der Waals surface area contributed by atoms with Gasteiger partial charge in [0.2, 0.25) is 11.8 Å². The highest BCUT2D eigenvalue weighted by Gasteiger charge is 2.18. The van der Waals surface area contributed by atoms with Crippen molar-refractivity contribution in [3.05, 3.63) is 40.4 Å². The predicted octanol–water partition coefficient (Wildman–Crippen LogP) is 1.86. The van der Waals surface area contributed by atoms with Crippen molar-refractivity contribution in [1.29, 1.82) is 0 Å². The molecule has 1 aromatic carbocycles. The van der Waals surface area contributed by atoms with Crippen molar-refractivity contribution in [2.24, 2.45) is 0 Å². The molecule has 1 unspecified atom stereocenters. The lowest BCUT2D eigenvalue weighted by Gasteiger charge is -2.22. The third-order valence-electron chi connectivity index (χ3n) is 2.93. The van der Waals surface area contributed by atoms with Gasteiger partial charge < -0.3 is 10.6 Å². The second-order valence-electron chi connectivity index (χ2n) is 4.40. The molecule has 1 heterocycles. The van der Waals surface area contributed by atoms with E-state index in [1.807, 2.05) is 24.3 Å². The van der Waals surface area contributed by atoms with Gasteiger partial charge in [0, 0.05) is 29.6 Å². The quantitative estimate of drug-likeness (QED) is 0.834. The van der Waals surface area contributed by atoms with Crippen LogP contribution in [0.25, 0.3) is 6.08 Å². The van der Waals surface area contributed by atoms with Gasteiger partial charge in [-0.05, 0) is 24.1 Å². The van der Waals surface area contributed by atoms with E-state index in [-0.39, 0.29) is 17.9 Å². The van der Waals surface area contributed by atoms with Crippen LogP contribution < -0.4 is 10.6 Å². The van der Waals surface area contributed by atoms with Gasteiger partial charge in [-0.2, -0.15) is 0 Å². The molecule has 1 aromatic rings. The first-order chi connectivity index (χ1) is 9.15. The van der Waals surface area contributed by atoms with E-state index in [4.69, 9.17) is 0 Å². The summed E-state index contributed by atoms with van der Waals surface area (Å²) in [6.45, 7) is 0.507. The predicted molar refractivity (Wildman–Crippen MR) is 77.4 cm³/mol. The van der Waals surface area contributed by atoms with Crippen molar-refractivity contribution in [1.82, 2.24) is 10.6 Å². The number of carbonyl (C=O) groups excluding carboxylic acids is 2. The van der Waals surface area contributed by atoms with Crippen molar-refractivity contribution < 1.29 is 9.59 Å². The number of piperidine rings is 1. The number of hydrogen-bond donors (Lipinski definition) is 2. The Morgan fingerprint density at radius 2 is 2.21 bits per heavy atom. The van der Waals surface area contributed by atoms with Crippen LogP contribution in [0.4, 0.5) is 0 Å². The van der Waals surface area contributed by atoms with E-state index in [1.165, 1.54) is 6.08 Å². The van der Waals surface area contributed by atoms with E-state index >= 15 is 0 Å². The van der Waals surface area contributed by atoms with Gasteiger partial charge in [0.1, 0.15) is 0 Å². The number of halogens is 1. The summed E-state index contributed by atoms with van der Waals surface area (Å²) in [4.78, 5) is 22.8. The maximum absolute atomic E-state index is 11.8. The summed E-state index contributed by atoms with van der Waals surface area (Å²) in [5.41, 5.74) is 0.953. The van der Waals surface area contributed by atoms with Gasteiger partial charge >= 0.3 is 0 Å². The molecule has 2 rings (SSSR count). The van der Waals surface area contributed by atoms with Gasteiger partial charge in [0.15, 0.2) is 0 Å². The zero-order valence-electron chi connectivity index (χ0n) is 10.4. The Bertz CT molecular complexity index is 504. The van der Waals surface area contributed by atoms with Crippen molar-refractivity contribution in [3.8, 4) is 0 Å². The summed E-state index contributed by atoms with van der Waals surface area (Å²) in [5, 5.41) is 5.61. The summed E-state index contributed by atoms with van der Waals surface area (Å²) in [6.07, 6.45) is 4.44. The third kappa shape index (κ3) is 4.21. The first-order valence-electron chi connectivity index (χ1n) is 6.15. The van der Waals surface area contributed by atoms with E-state index in [2.05, 4.69) is 26.6 Å². The second-order valence-corrected chi connectivity index (χ2v) is 5.26. The average molecular weight is 323 g/mol. The van der Waals surface area contributed by atoms with Crippen LogP contribution in [-0.4, -0.2) is 24.4 Å². The molecule has 2 amide bonds. The topological polar surface area (TPSA) is 58.2 Å². The van der Waals surface area contributed by atoms with E-state index in [0.29, 0.717) is 19.4 Å². The van der Waals surface area contributed by atoms with Crippen LogP contribution in [0.2, 0.25) is 0 Å². The number of benzene rings is 1. The average Bonchev–Trinajstić information content (AvgIpc) is 2.40. The van der Waals surface area contributed by atoms with E-state index in [9.17, 15) is 9.59 Å². The fourth-order valence-corrected chi connectivity index (χ4v) is 2.30. The lowest BCUT2D eigenvalue weighted by Crippen LogP contribution is -2.47. The van der Waals surface area contributed by atoms with Gasteiger partial charge in [-0.1, -0.05) is 34.1 Å². The number of rotatable bonds is 3. The molecule has 2 N–H and O–H groups in total.